The molecule has 3 rings (SSSR count). The molecule has 0 saturated heterocycles. The summed E-state index contributed by atoms with van der Waals surface area (Å²) in [6.45, 7) is 0.630. The summed E-state index contributed by atoms with van der Waals surface area (Å²) in [5.74, 6) is -0.0991. The molecule has 6 heteroatoms. The number of hydrogen-bond acceptors (Lipinski definition) is 3. The number of benzene rings is 2. The number of amides is 1. The molecule has 0 fully saturated rings. The van der Waals surface area contributed by atoms with Crippen LogP contribution in [-0.4, -0.2) is 39.3 Å². The molecule has 1 heterocycles. The second kappa shape index (κ2) is 7.43. The smallest absolute Gasteiger partial charge is 0.250 e. The Bertz CT molecular complexity index is 935. The minimum absolute atomic E-state index is 0.0991. The van der Waals surface area contributed by atoms with Gasteiger partial charge in [0, 0.05) is 32.4 Å². The number of anilines is 1. The van der Waals surface area contributed by atoms with E-state index in [2.05, 4.69) is 0 Å². The fourth-order valence-electron chi connectivity index (χ4n) is 3.00. The monoisotopic (exact) mass is 370 g/mol. The van der Waals surface area contributed by atoms with E-state index in [4.69, 9.17) is 0 Å². The summed E-state index contributed by atoms with van der Waals surface area (Å²) in [5, 5.41) is 0. The van der Waals surface area contributed by atoms with Crippen LogP contribution in [0.15, 0.2) is 59.5 Å². The first-order chi connectivity index (χ1) is 12.4. The zero-order valence-electron chi connectivity index (χ0n) is 14.9. The van der Waals surface area contributed by atoms with E-state index < -0.39 is 10.0 Å². The summed E-state index contributed by atoms with van der Waals surface area (Å²) in [5.41, 5.74) is 2.64. The Kier molecular flexibility index (Phi) is 5.25. The molecule has 2 aromatic rings. The van der Waals surface area contributed by atoms with Gasteiger partial charge in [0.1, 0.15) is 0 Å². The maximum Gasteiger partial charge on any atom is 0.250 e. The minimum Gasteiger partial charge on any atom is -0.309 e. The highest BCUT2D eigenvalue weighted by atomic mass is 32.2. The third-order valence-electron chi connectivity index (χ3n) is 4.43. The zero-order valence-corrected chi connectivity index (χ0v) is 15.7. The summed E-state index contributed by atoms with van der Waals surface area (Å²) >= 11 is 0. The molecule has 0 aliphatic carbocycles. The van der Waals surface area contributed by atoms with Crippen LogP contribution in [0.1, 0.15) is 17.5 Å². The molecule has 0 aromatic heterocycles. The average molecular weight is 370 g/mol. The van der Waals surface area contributed by atoms with Gasteiger partial charge in [-0.3, -0.25) is 4.79 Å². The first kappa shape index (κ1) is 18.4. The fraction of sp³-hybridized carbons (Fsp3) is 0.250. The van der Waals surface area contributed by atoms with Crippen molar-refractivity contribution in [1.29, 1.82) is 0 Å². The van der Waals surface area contributed by atoms with Crippen molar-refractivity contribution in [2.45, 2.75) is 17.7 Å². The number of aryl methyl sites for hydroxylation is 1. The zero-order chi connectivity index (χ0) is 18.7. The molecule has 1 aliphatic rings. The van der Waals surface area contributed by atoms with Gasteiger partial charge in [0.25, 0.3) is 5.91 Å². The standard InChI is InChI=1S/C20H22N2O3S/c1-21(2)26(24,25)18-11-12-19-17(15-18)9-6-14-22(19)20(23)13-10-16-7-4-3-5-8-16/h3-5,7-8,10-13,15H,6,9,14H2,1-2H3. The normalized spacial score (nSPS) is 14.7. The predicted octanol–water partition coefficient (Wildman–Crippen LogP) is 2.93. The molecule has 136 valence electrons. The second-order valence-electron chi connectivity index (χ2n) is 6.42. The van der Waals surface area contributed by atoms with Gasteiger partial charge in [0.2, 0.25) is 10.0 Å². The SMILES string of the molecule is CN(C)S(=O)(=O)c1ccc2c(c1)CCCN2C(=O)C=Cc1ccccc1. The van der Waals surface area contributed by atoms with Crippen molar-refractivity contribution >= 4 is 27.7 Å². The van der Waals surface area contributed by atoms with Crippen LogP contribution in [0.4, 0.5) is 5.69 Å². The highest BCUT2D eigenvalue weighted by molar-refractivity contribution is 7.89. The molecule has 2 aromatic carbocycles. The molecule has 0 bridgehead atoms. The van der Waals surface area contributed by atoms with Crippen molar-refractivity contribution in [3.63, 3.8) is 0 Å². The van der Waals surface area contributed by atoms with E-state index in [0.717, 1.165) is 29.7 Å². The number of sulfonamides is 1. The van der Waals surface area contributed by atoms with Crippen molar-refractivity contribution in [1.82, 2.24) is 4.31 Å². The van der Waals surface area contributed by atoms with Crippen molar-refractivity contribution in [3.8, 4) is 0 Å². The first-order valence-electron chi connectivity index (χ1n) is 8.49. The third-order valence-corrected chi connectivity index (χ3v) is 6.24. The van der Waals surface area contributed by atoms with Crippen LogP contribution in [-0.2, 0) is 21.2 Å². The van der Waals surface area contributed by atoms with Gasteiger partial charge in [-0.1, -0.05) is 30.3 Å². The van der Waals surface area contributed by atoms with E-state index in [1.165, 1.54) is 18.4 Å². The Morgan fingerprint density at radius 3 is 2.54 bits per heavy atom. The lowest BCUT2D eigenvalue weighted by molar-refractivity contribution is -0.114. The summed E-state index contributed by atoms with van der Waals surface area (Å²) in [6.07, 6.45) is 4.93. The highest BCUT2D eigenvalue weighted by Crippen LogP contribution is 2.30. The van der Waals surface area contributed by atoms with Gasteiger partial charge in [0.15, 0.2) is 0 Å². The Balaban J connectivity index is 1.87. The number of hydrogen-bond donors (Lipinski definition) is 0. The van der Waals surface area contributed by atoms with E-state index >= 15 is 0 Å². The van der Waals surface area contributed by atoms with Crippen molar-refractivity contribution in [3.05, 3.63) is 65.7 Å². The second-order valence-corrected chi connectivity index (χ2v) is 8.57. The maximum atomic E-state index is 12.6. The number of nitrogens with zero attached hydrogens (tertiary/aromatic N) is 2. The third kappa shape index (κ3) is 3.71. The molecule has 5 nitrogen and oxygen atoms in total. The fourth-order valence-corrected chi connectivity index (χ4v) is 3.95. The number of carbonyl (C=O) groups is 1. The first-order valence-corrected chi connectivity index (χ1v) is 9.94. The summed E-state index contributed by atoms with van der Waals surface area (Å²) in [4.78, 5) is 14.6. The van der Waals surface area contributed by atoms with Gasteiger partial charge in [-0.2, -0.15) is 0 Å². The highest BCUT2D eigenvalue weighted by Gasteiger charge is 2.24. The van der Waals surface area contributed by atoms with Gasteiger partial charge in [0.05, 0.1) is 4.90 Å². The van der Waals surface area contributed by atoms with Crippen LogP contribution in [0.3, 0.4) is 0 Å². The van der Waals surface area contributed by atoms with Gasteiger partial charge in [-0.25, -0.2) is 12.7 Å². The quantitative estimate of drug-likeness (QED) is 0.778. The number of carbonyl (C=O) groups excluding carboxylic acids is 1. The van der Waals surface area contributed by atoms with Crippen molar-refractivity contribution < 1.29 is 13.2 Å². The van der Waals surface area contributed by atoms with Gasteiger partial charge in [-0.15, -0.1) is 0 Å². The minimum atomic E-state index is -3.48. The molecule has 26 heavy (non-hydrogen) atoms. The average Bonchev–Trinajstić information content (AvgIpc) is 2.65. The van der Waals surface area contributed by atoms with Crippen LogP contribution in [0.5, 0.6) is 0 Å². The summed E-state index contributed by atoms with van der Waals surface area (Å²) in [6, 6.07) is 14.6. The van der Waals surface area contributed by atoms with Gasteiger partial charge in [-0.05, 0) is 48.2 Å². The Morgan fingerprint density at radius 2 is 1.85 bits per heavy atom. The molecular weight excluding hydrogens is 348 g/mol. The Morgan fingerprint density at radius 1 is 1.12 bits per heavy atom. The Hall–Kier alpha value is -2.44. The summed E-state index contributed by atoms with van der Waals surface area (Å²) in [7, 11) is -0.453. The predicted molar refractivity (Wildman–Crippen MR) is 103 cm³/mol. The molecule has 0 N–H and O–H groups in total. The van der Waals surface area contributed by atoms with E-state index in [0.29, 0.717) is 6.54 Å². The van der Waals surface area contributed by atoms with Crippen LogP contribution >= 0.6 is 0 Å². The van der Waals surface area contributed by atoms with Crippen molar-refractivity contribution in [2.75, 3.05) is 25.5 Å². The topological polar surface area (TPSA) is 57.7 Å². The molecule has 0 unspecified atom stereocenters. The molecule has 0 spiro atoms. The summed E-state index contributed by atoms with van der Waals surface area (Å²) < 4.78 is 25.9. The molecule has 0 atom stereocenters. The van der Waals surface area contributed by atoms with E-state index in [9.17, 15) is 13.2 Å². The lowest BCUT2D eigenvalue weighted by Crippen LogP contribution is -2.34. The van der Waals surface area contributed by atoms with Gasteiger partial charge >= 0.3 is 0 Å². The Labute approximate surface area is 154 Å². The van der Waals surface area contributed by atoms with Crippen LogP contribution in [0.25, 0.3) is 6.08 Å². The largest absolute Gasteiger partial charge is 0.309 e. The lowest BCUT2D eigenvalue weighted by Gasteiger charge is -2.29. The molecule has 1 amide bonds. The van der Waals surface area contributed by atoms with Crippen LogP contribution in [0.2, 0.25) is 0 Å². The molecule has 0 saturated carbocycles. The van der Waals surface area contributed by atoms with E-state index in [1.54, 1.807) is 35.3 Å². The van der Waals surface area contributed by atoms with Crippen LogP contribution < -0.4 is 4.90 Å². The molecule has 1 aliphatic heterocycles. The van der Waals surface area contributed by atoms with Gasteiger partial charge < -0.3 is 4.90 Å². The van der Waals surface area contributed by atoms with Crippen molar-refractivity contribution in [2.24, 2.45) is 0 Å². The van der Waals surface area contributed by atoms with E-state index in [1.807, 2.05) is 30.3 Å². The lowest BCUT2D eigenvalue weighted by atomic mass is 10.0. The van der Waals surface area contributed by atoms with Crippen LogP contribution in [0, 0.1) is 0 Å². The molecule has 0 radical (unpaired) electrons. The number of fused-ring (bicyclic) bond motifs is 1. The van der Waals surface area contributed by atoms with E-state index in [-0.39, 0.29) is 10.8 Å². The number of rotatable bonds is 4. The maximum absolute atomic E-state index is 12.6. The molecular formula is C20H22N2O3S.